The average molecular weight is 107 g/mol. The van der Waals surface area contributed by atoms with Crippen molar-refractivity contribution >= 4 is 17.9 Å². The van der Waals surface area contributed by atoms with Gasteiger partial charge < -0.3 is 5.11 Å². The lowest BCUT2D eigenvalue weighted by molar-refractivity contribution is -0.106. The zero-order valence-corrected chi connectivity index (χ0v) is 3.64. The van der Waals surface area contributed by atoms with Crippen molar-refractivity contribution in [1.29, 1.82) is 0 Å². The van der Waals surface area contributed by atoms with Crippen molar-refractivity contribution in [2.45, 2.75) is 0 Å². The smallest absolute Gasteiger partial charge is 0.185 e. The summed E-state index contributed by atoms with van der Waals surface area (Å²) in [6.45, 7) is 0. The first-order valence-corrected chi connectivity index (χ1v) is 1.69. The van der Waals surface area contributed by atoms with Gasteiger partial charge in [0.05, 0.1) is 0 Å². The molecule has 0 heterocycles. The van der Waals surface area contributed by atoms with Crippen LogP contribution in [0, 0.1) is 0 Å². The van der Waals surface area contributed by atoms with E-state index < -0.39 is 5.76 Å². The molecular weight excluding hydrogens is 103 g/mol. The van der Waals surface area contributed by atoms with Gasteiger partial charge in [-0.1, -0.05) is 11.6 Å². The standard InChI is InChI=1S/C3H3ClO2/c4-1-3(6)2-5/h1-2,6H/b3-1-. The molecule has 3 heteroatoms. The van der Waals surface area contributed by atoms with Gasteiger partial charge in [0.15, 0.2) is 12.0 Å². The van der Waals surface area contributed by atoms with E-state index in [0.29, 0.717) is 0 Å². The molecule has 0 bridgehead atoms. The molecule has 0 rings (SSSR count). The van der Waals surface area contributed by atoms with Gasteiger partial charge in [-0.2, -0.15) is 0 Å². The van der Waals surface area contributed by atoms with E-state index in [0.717, 1.165) is 5.54 Å². The van der Waals surface area contributed by atoms with E-state index in [9.17, 15) is 4.79 Å². The molecule has 0 saturated carbocycles. The molecule has 0 fully saturated rings. The molecule has 0 atom stereocenters. The number of carbonyl (C=O) groups is 1. The van der Waals surface area contributed by atoms with Gasteiger partial charge in [-0.05, 0) is 0 Å². The van der Waals surface area contributed by atoms with Crippen LogP contribution in [-0.4, -0.2) is 11.4 Å². The van der Waals surface area contributed by atoms with Crippen LogP contribution in [-0.2, 0) is 4.79 Å². The molecule has 0 amide bonds. The molecule has 0 aromatic rings. The molecule has 0 aromatic carbocycles. The Morgan fingerprint density at radius 2 is 2.33 bits per heavy atom. The highest BCUT2D eigenvalue weighted by atomic mass is 35.5. The maximum atomic E-state index is 9.33. The largest absolute Gasteiger partial charge is 0.504 e. The zero-order valence-electron chi connectivity index (χ0n) is 2.89. The lowest BCUT2D eigenvalue weighted by Gasteiger charge is -1.72. The van der Waals surface area contributed by atoms with Gasteiger partial charge in [-0.25, -0.2) is 0 Å². The fraction of sp³-hybridized carbons (Fsp3) is 0. The summed E-state index contributed by atoms with van der Waals surface area (Å²) in [5.41, 5.74) is 0.799. The number of aliphatic hydroxyl groups is 1. The molecule has 2 nitrogen and oxygen atoms in total. The van der Waals surface area contributed by atoms with Crippen molar-refractivity contribution in [3.63, 3.8) is 0 Å². The monoisotopic (exact) mass is 106 g/mol. The average Bonchev–Trinajstić information content (AvgIpc) is 1.65. The number of allylic oxidation sites excluding steroid dienone is 1. The topological polar surface area (TPSA) is 37.3 Å². The minimum Gasteiger partial charge on any atom is -0.504 e. The van der Waals surface area contributed by atoms with E-state index in [1.807, 2.05) is 0 Å². The number of aliphatic hydroxyl groups excluding tert-OH is 1. The second-order valence-electron chi connectivity index (χ2n) is 0.652. The van der Waals surface area contributed by atoms with Gasteiger partial charge in [0.2, 0.25) is 0 Å². The first-order chi connectivity index (χ1) is 2.81. The van der Waals surface area contributed by atoms with Crippen LogP contribution in [0.4, 0.5) is 0 Å². The van der Waals surface area contributed by atoms with Crippen LogP contribution in [0.15, 0.2) is 11.3 Å². The number of rotatable bonds is 1. The third kappa shape index (κ3) is 1.79. The molecule has 0 aliphatic carbocycles. The fourth-order valence-electron chi connectivity index (χ4n) is 0.0257. The number of hydrogen-bond donors (Lipinski definition) is 1. The maximum Gasteiger partial charge on any atom is 0.185 e. The van der Waals surface area contributed by atoms with Crippen molar-refractivity contribution in [2.75, 3.05) is 0 Å². The Kier molecular flexibility index (Phi) is 2.50. The fourth-order valence-corrected chi connectivity index (χ4v) is 0.0772. The van der Waals surface area contributed by atoms with Crippen LogP contribution in [0.3, 0.4) is 0 Å². The molecule has 34 valence electrons. The SMILES string of the molecule is O=C/C(O)=C/Cl. The van der Waals surface area contributed by atoms with E-state index in [-0.39, 0.29) is 6.29 Å². The van der Waals surface area contributed by atoms with Crippen molar-refractivity contribution in [1.82, 2.24) is 0 Å². The number of hydrogen-bond acceptors (Lipinski definition) is 2. The van der Waals surface area contributed by atoms with Crippen molar-refractivity contribution in [3.8, 4) is 0 Å². The van der Waals surface area contributed by atoms with E-state index >= 15 is 0 Å². The highest BCUT2D eigenvalue weighted by Gasteiger charge is 1.77. The molecule has 0 radical (unpaired) electrons. The molecular formula is C3H3ClO2. The van der Waals surface area contributed by atoms with Gasteiger partial charge in [-0.15, -0.1) is 0 Å². The Labute approximate surface area is 40.0 Å². The maximum absolute atomic E-state index is 9.33. The van der Waals surface area contributed by atoms with Gasteiger partial charge in [0.25, 0.3) is 0 Å². The van der Waals surface area contributed by atoms with Gasteiger partial charge >= 0.3 is 0 Å². The summed E-state index contributed by atoms with van der Waals surface area (Å²) in [6, 6.07) is 0. The predicted molar refractivity (Wildman–Crippen MR) is 22.6 cm³/mol. The second-order valence-corrected chi connectivity index (χ2v) is 0.870. The third-order valence-corrected chi connectivity index (χ3v) is 0.456. The molecule has 0 unspecified atom stereocenters. The summed E-state index contributed by atoms with van der Waals surface area (Å²) >= 11 is 4.81. The molecule has 0 spiro atoms. The number of carbonyl (C=O) groups excluding carboxylic acids is 1. The summed E-state index contributed by atoms with van der Waals surface area (Å²) in [5, 5.41) is 8.03. The molecule has 6 heavy (non-hydrogen) atoms. The molecule has 0 aliphatic rings. The van der Waals surface area contributed by atoms with E-state index in [4.69, 9.17) is 16.7 Å². The lowest BCUT2D eigenvalue weighted by Crippen LogP contribution is -1.74. The Hall–Kier alpha value is -0.500. The van der Waals surface area contributed by atoms with Gasteiger partial charge in [-0.3, -0.25) is 4.79 Å². The number of halogens is 1. The third-order valence-electron chi connectivity index (χ3n) is 0.233. The second kappa shape index (κ2) is 2.72. The normalized spacial score (nSPS) is 11.2. The summed E-state index contributed by atoms with van der Waals surface area (Å²) in [7, 11) is 0. The van der Waals surface area contributed by atoms with Crippen molar-refractivity contribution in [3.05, 3.63) is 11.3 Å². The quantitative estimate of drug-likeness (QED) is 0.305. The van der Waals surface area contributed by atoms with Crippen LogP contribution in [0.2, 0.25) is 0 Å². The first kappa shape index (κ1) is 5.50. The zero-order chi connectivity index (χ0) is 4.99. The van der Waals surface area contributed by atoms with Crippen LogP contribution in [0.25, 0.3) is 0 Å². The summed E-state index contributed by atoms with van der Waals surface area (Å²) in [6.07, 6.45) is 0.257. The number of aldehydes is 1. The van der Waals surface area contributed by atoms with Gasteiger partial charge in [0.1, 0.15) is 0 Å². The van der Waals surface area contributed by atoms with Crippen LogP contribution >= 0.6 is 11.6 Å². The lowest BCUT2D eigenvalue weighted by atomic mass is 10.7. The van der Waals surface area contributed by atoms with E-state index in [1.54, 1.807) is 0 Å². The Morgan fingerprint density at radius 1 is 1.83 bits per heavy atom. The summed E-state index contributed by atoms with van der Waals surface area (Å²) < 4.78 is 0. The summed E-state index contributed by atoms with van der Waals surface area (Å²) in [5.74, 6) is -0.448. The molecule has 0 aromatic heterocycles. The van der Waals surface area contributed by atoms with Crippen molar-refractivity contribution in [2.24, 2.45) is 0 Å². The summed E-state index contributed by atoms with van der Waals surface area (Å²) in [4.78, 5) is 9.33. The van der Waals surface area contributed by atoms with Crippen LogP contribution < -0.4 is 0 Å². The highest BCUT2D eigenvalue weighted by Crippen LogP contribution is 1.82. The highest BCUT2D eigenvalue weighted by molar-refractivity contribution is 6.26. The van der Waals surface area contributed by atoms with Crippen molar-refractivity contribution < 1.29 is 9.90 Å². The Bertz CT molecular complexity index is 76.9. The molecule has 0 aliphatic heterocycles. The van der Waals surface area contributed by atoms with Crippen LogP contribution in [0.1, 0.15) is 0 Å². The minimum absolute atomic E-state index is 0.257. The van der Waals surface area contributed by atoms with Crippen LogP contribution in [0.5, 0.6) is 0 Å². The Balaban J connectivity index is 3.50. The van der Waals surface area contributed by atoms with E-state index in [1.165, 1.54) is 0 Å². The Morgan fingerprint density at radius 3 is 2.33 bits per heavy atom. The predicted octanol–water partition coefficient (Wildman–Crippen LogP) is 0.823. The molecule has 0 saturated heterocycles. The first-order valence-electron chi connectivity index (χ1n) is 1.25. The van der Waals surface area contributed by atoms with Gasteiger partial charge in [0, 0.05) is 5.54 Å². The molecule has 1 N–H and O–H groups in total. The minimum atomic E-state index is -0.448. The van der Waals surface area contributed by atoms with E-state index in [2.05, 4.69) is 0 Å².